The zero-order valence-corrected chi connectivity index (χ0v) is 15.5. The van der Waals surface area contributed by atoms with Crippen LogP contribution in [0.5, 0.6) is 0 Å². The van der Waals surface area contributed by atoms with Crippen LogP contribution >= 0.6 is 0 Å². The Morgan fingerprint density at radius 2 is 1.93 bits per heavy atom. The SMILES string of the molecule is CC(C)CN1C(=O)NC(=O)C12CCN(C(=O)c1cc(C(F)F)nn1C)CC2. The van der Waals surface area contributed by atoms with E-state index in [4.69, 9.17) is 0 Å². The number of hydrogen-bond acceptors (Lipinski definition) is 4. The first kappa shape index (κ1) is 19.2. The highest BCUT2D eigenvalue weighted by molar-refractivity contribution is 6.07. The van der Waals surface area contributed by atoms with Gasteiger partial charge in [-0.05, 0) is 24.8 Å². The number of alkyl halides is 2. The molecule has 2 fully saturated rings. The smallest absolute Gasteiger partial charge is 0.325 e. The number of likely N-dealkylation sites (tertiary alicyclic amines) is 1. The molecule has 4 amide bonds. The molecule has 8 nitrogen and oxygen atoms in total. The molecule has 1 N–H and O–H groups in total. The lowest BCUT2D eigenvalue weighted by Crippen LogP contribution is -2.58. The molecular formula is C17H23F2N5O3. The van der Waals surface area contributed by atoms with Gasteiger partial charge in [0.05, 0.1) is 0 Å². The van der Waals surface area contributed by atoms with Crippen LogP contribution in [0.2, 0.25) is 0 Å². The summed E-state index contributed by atoms with van der Waals surface area (Å²) in [6, 6.07) is 0.690. The molecule has 2 aliphatic heterocycles. The molecule has 0 bridgehead atoms. The quantitative estimate of drug-likeness (QED) is 0.799. The predicted octanol–water partition coefficient (Wildman–Crippen LogP) is 1.54. The summed E-state index contributed by atoms with van der Waals surface area (Å²) in [7, 11) is 1.44. The van der Waals surface area contributed by atoms with Crippen LogP contribution in [0.1, 0.15) is 49.3 Å². The van der Waals surface area contributed by atoms with Crippen LogP contribution in [0.25, 0.3) is 0 Å². The summed E-state index contributed by atoms with van der Waals surface area (Å²) in [5, 5.41) is 6.05. The maximum Gasteiger partial charge on any atom is 0.325 e. The van der Waals surface area contributed by atoms with Gasteiger partial charge in [0.1, 0.15) is 16.9 Å². The van der Waals surface area contributed by atoms with Crippen molar-refractivity contribution in [3.63, 3.8) is 0 Å². The van der Waals surface area contributed by atoms with Gasteiger partial charge in [-0.3, -0.25) is 19.6 Å². The van der Waals surface area contributed by atoms with Crippen LogP contribution in [0, 0.1) is 5.92 Å². The van der Waals surface area contributed by atoms with Crippen LogP contribution in [-0.4, -0.2) is 62.6 Å². The normalized spacial score (nSPS) is 19.5. The van der Waals surface area contributed by atoms with E-state index in [9.17, 15) is 23.2 Å². The minimum atomic E-state index is -2.75. The van der Waals surface area contributed by atoms with Crippen LogP contribution in [-0.2, 0) is 11.8 Å². The molecular weight excluding hydrogens is 360 g/mol. The standard InChI is InChI=1S/C17H23F2N5O3/c1-10(2)9-24-16(27)20-15(26)17(24)4-6-23(7-5-17)14(25)12-8-11(13(18)19)21-22(12)3/h8,10,13H,4-7,9H2,1-3H3,(H,20,26,27). The van der Waals surface area contributed by atoms with Crippen LogP contribution in [0.3, 0.4) is 0 Å². The number of nitrogens with one attached hydrogen (secondary N) is 1. The number of amides is 4. The van der Waals surface area contributed by atoms with Gasteiger partial charge >= 0.3 is 6.03 Å². The van der Waals surface area contributed by atoms with Crippen molar-refractivity contribution in [2.24, 2.45) is 13.0 Å². The third kappa shape index (κ3) is 3.28. The summed E-state index contributed by atoms with van der Waals surface area (Å²) >= 11 is 0. The van der Waals surface area contributed by atoms with Gasteiger partial charge in [0, 0.05) is 26.7 Å². The number of halogens is 2. The molecule has 10 heteroatoms. The summed E-state index contributed by atoms with van der Waals surface area (Å²) in [6.45, 7) is 4.88. The van der Waals surface area contributed by atoms with Crippen LogP contribution < -0.4 is 5.32 Å². The molecule has 0 atom stereocenters. The lowest BCUT2D eigenvalue weighted by Gasteiger charge is -2.42. The molecule has 2 aliphatic rings. The first-order valence-corrected chi connectivity index (χ1v) is 8.90. The Morgan fingerprint density at radius 1 is 1.30 bits per heavy atom. The molecule has 1 spiro atoms. The van der Waals surface area contributed by atoms with Gasteiger partial charge in [0.2, 0.25) is 0 Å². The topological polar surface area (TPSA) is 87.5 Å². The van der Waals surface area contributed by atoms with Gasteiger partial charge < -0.3 is 9.80 Å². The van der Waals surface area contributed by atoms with E-state index in [1.807, 2.05) is 13.8 Å². The molecule has 0 unspecified atom stereocenters. The number of nitrogens with zero attached hydrogens (tertiary/aromatic N) is 4. The Bertz CT molecular complexity index is 769. The molecule has 0 aliphatic carbocycles. The van der Waals surface area contributed by atoms with Gasteiger partial charge in [-0.2, -0.15) is 5.10 Å². The fraction of sp³-hybridized carbons (Fsp3) is 0.647. The highest BCUT2D eigenvalue weighted by Gasteiger charge is 2.54. The Kier molecular flexibility index (Phi) is 4.92. The minimum absolute atomic E-state index is 0.0761. The number of carbonyl (C=O) groups excluding carboxylic acids is 3. The Hall–Kier alpha value is -2.52. The van der Waals surface area contributed by atoms with Crippen molar-refractivity contribution in [2.75, 3.05) is 19.6 Å². The molecule has 2 saturated heterocycles. The van der Waals surface area contributed by atoms with Gasteiger partial charge in [-0.1, -0.05) is 13.8 Å². The van der Waals surface area contributed by atoms with Gasteiger partial charge in [0.15, 0.2) is 0 Å². The lowest BCUT2D eigenvalue weighted by molar-refractivity contribution is -0.129. The number of aryl methyl sites for hydroxylation is 1. The summed E-state index contributed by atoms with van der Waals surface area (Å²) in [5.41, 5.74) is -1.32. The fourth-order valence-electron chi connectivity index (χ4n) is 3.76. The van der Waals surface area contributed by atoms with E-state index in [2.05, 4.69) is 10.4 Å². The third-order valence-electron chi connectivity index (χ3n) is 5.17. The largest absolute Gasteiger partial charge is 0.337 e. The zero-order valence-electron chi connectivity index (χ0n) is 15.5. The van der Waals surface area contributed by atoms with Crippen molar-refractivity contribution in [1.29, 1.82) is 0 Å². The number of aromatic nitrogens is 2. The molecule has 27 heavy (non-hydrogen) atoms. The first-order chi connectivity index (χ1) is 12.7. The minimum Gasteiger partial charge on any atom is -0.337 e. The molecule has 0 saturated carbocycles. The van der Waals surface area contributed by atoms with E-state index in [0.29, 0.717) is 19.4 Å². The van der Waals surface area contributed by atoms with Crippen molar-refractivity contribution in [3.05, 3.63) is 17.5 Å². The zero-order chi connectivity index (χ0) is 19.9. The van der Waals surface area contributed by atoms with E-state index < -0.39 is 29.6 Å². The molecule has 3 rings (SSSR count). The number of piperidine rings is 1. The maximum atomic E-state index is 12.8. The average molecular weight is 383 g/mol. The van der Waals surface area contributed by atoms with Crippen molar-refractivity contribution in [3.8, 4) is 0 Å². The number of imide groups is 1. The lowest BCUT2D eigenvalue weighted by atomic mass is 9.85. The average Bonchev–Trinajstić information content (AvgIpc) is 3.09. The van der Waals surface area contributed by atoms with E-state index in [1.54, 1.807) is 4.90 Å². The number of urea groups is 1. The van der Waals surface area contributed by atoms with E-state index >= 15 is 0 Å². The molecule has 0 radical (unpaired) electrons. The first-order valence-electron chi connectivity index (χ1n) is 8.90. The van der Waals surface area contributed by atoms with Crippen molar-refractivity contribution in [2.45, 2.75) is 38.7 Å². The second-order valence-electron chi connectivity index (χ2n) is 7.47. The van der Waals surface area contributed by atoms with Gasteiger partial charge in [-0.25, -0.2) is 13.6 Å². The number of hydrogen-bond donors (Lipinski definition) is 1. The molecule has 1 aromatic rings. The number of rotatable bonds is 4. The summed E-state index contributed by atoms with van der Waals surface area (Å²) < 4.78 is 26.8. The third-order valence-corrected chi connectivity index (χ3v) is 5.17. The van der Waals surface area contributed by atoms with Gasteiger partial charge in [-0.15, -0.1) is 0 Å². The molecule has 3 heterocycles. The van der Waals surface area contributed by atoms with Gasteiger partial charge in [0.25, 0.3) is 18.2 Å². The second kappa shape index (κ2) is 6.90. The molecule has 148 valence electrons. The highest BCUT2D eigenvalue weighted by atomic mass is 19.3. The maximum absolute atomic E-state index is 12.8. The monoisotopic (exact) mass is 383 g/mol. The molecule has 1 aromatic heterocycles. The Balaban J connectivity index is 1.75. The molecule has 0 aromatic carbocycles. The van der Waals surface area contributed by atoms with Crippen molar-refractivity contribution in [1.82, 2.24) is 24.9 Å². The Labute approximate surface area is 155 Å². The van der Waals surface area contributed by atoms with Crippen molar-refractivity contribution < 1.29 is 23.2 Å². The summed E-state index contributed by atoms with van der Waals surface area (Å²) in [5.74, 6) is -0.548. The van der Waals surface area contributed by atoms with E-state index in [0.717, 1.165) is 10.7 Å². The highest BCUT2D eigenvalue weighted by Crippen LogP contribution is 2.34. The van der Waals surface area contributed by atoms with Crippen molar-refractivity contribution >= 4 is 17.8 Å². The van der Waals surface area contributed by atoms with Crippen LogP contribution in [0.15, 0.2) is 6.07 Å². The number of carbonyl (C=O) groups is 3. The summed E-state index contributed by atoms with van der Waals surface area (Å²) in [6.07, 6.45) is -2.13. The second-order valence-corrected chi connectivity index (χ2v) is 7.47. The van der Waals surface area contributed by atoms with E-state index in [1.165, 1.54) is 11.9 Å². The fourth-order valence-corrected chi connectivity index (χ4v) is 3.76. The predicted molar refractivity (Wildman–Crippen MR) is 91.1 cm³/mol. The van der Waals surface area contributed by atoms with Crippen LogP contribution in [0.4, 0.5) is 13.6 Å². The summed E-state index contributed by atoms with van der Waals surface area (Å²) in [4.78, 5) is 40.4. The Morgan fingerprint density at radius 3 is 2.44 bits per heavy atom. The van der Waals surface area contributed by atoms with E-state index in [-0.39, 0.29) is 30.6 Å².